The van der Waals surface area contributed by atoms with Crippen molar-refractivity contribution in [2.75, 3.05) is 19.6 Å². The van der Waals surface area contributed by atoms with Crippen LogP contribution in [-0.4, -0.2) is 30.3 Å². The van der Waals surface area contributed by atoms with Gasteiger partial charge in [-0.05, 0) is 43.5 Å². The van der Waals surface area contributed by atoms with E-state index in [0.29, 0.717) is 11.8 Å². The maximum absolute atomic E-state index is 13.5. The Balaban J connectivity index is 1.82. The highest BCUT2D eigenvalue weighted by Crippen LogP contribution is 2.33. The van der Waals surface area contributed by atoms with E-state index in [0.717, 1.165) is 19.6 Å². The highest BCUT2D eigenvalue weighted by Gasteiger charge is 2.28. The van der Waals surface area contributed by atoms with Crippen molar-refractivity contribution in [1.82, 2.24) is 4.90 Å². The van der Waals surface area contributed by atoms with Crippen LogP contribution in [0.3, 0.4) is 0 Å². The summed E-state index contributed by atoms with van der Waals surface area (Å²) in [4.78, 5) is 14.4. The molecule has 20 heavy (non-hydrogen) atoms. The minimum Gasteiger partial charge on any atom is -0.303 e. The summed E-state index contributed by atoms with van der Waals surface area (Å²) in [5.74, 6) is -0.498. The molecule has 110 valence electrons. The molecular weight excluding hydrogens is 253 g/mol. The Morgan fingerprint density at radius 1 is 1.30 bits per heavy atom. The molecule has 0 bridgehead atoms. The number of Topliss-reactive ketones (excluding diaryl/α,β-unsaturated/α-hetero) is 1. The van der Waals surface area contributed by atoms with Crippen LogP contribution in [-0.2, 0) is 0 Å². The lowest BCUT2D eigenvalue weighted by Crippen LogP contribution is -2.39. The number of ketones is 1. The van der Waals surface area contributed by atoms with Crippen LogP contribution in [0, 0.1) is 11.2 Å². The van der Waals surface area contributed by atoms with Crippen molar-refractivity contribution in [1.29, 1.82) is 0 Å². The number of carbonyl (C=O) groups is 1. The quantitative estimate of drug-likeness (QED) is 0.761. The molecule has 1 aromatic carbocycles. The molecule has 0 saturated carbocycles. The van der Waals surface area contributed by atoms with Crippen LogP contribution in [0.4, 0.5) is 4.39 Å². The van der Waals surface area contributed by atoms with Crippen molar-refractivity contribution in [2.45, 2.75) is 39.5 Å². The second-order valence-electron chi connectivity index (χ2n) is 6.16. The SMILES string of the molecule is CCC1(C)CCN(CCC(=O)c2ccccc2F)CC1. The van der Waals surface area contributed by atoms with Gasteiger partial charge in [-0.2, -0.15) is 0 Å². The molecule has 1 aliphatic rings. The fraction of sp³-hybridized carbons (Fsp3) is 0.588. The van der Waals surface area contributed by atoms with Crippen LogP contribution >= 0.6 is 0 Å². The zero-order chi connectivity index (χ0) is 14.6. The van der Waals surface area contributed by atoms with Gasteiger partial charge < -0.3 is 4.90 Å². The summed E-state index contributed by atoms with van der Waals surface area (Å²) in [5.41, 5.74) is 0.689. The number of hydrogen-bond acceptors (Lipinski definition) is 2. The predicted molar refractivity (Wildman–Crippen MR) is 79.4 cm³/mol. The van der Waals surface area contributed by atoms with E-state index in [1.165, 1.54) is 25.3 Å². The Hall–Kier alpha value is -1.22. The standard InChI is InChI=1S/C17H24FNO/c1-3-17(2)9-12-19(13-10-17)11-8-16(20)14-6-4-5-7-15(14)18/h4-7H,3,8-13H2,1-2H3. The molecule has 2 rings (SSSR count). The van der Waals surface area contributed by atoms with Crippen LogP contribution in [0.5, 0.6) is 0 Å². The first kappa shape index (κ1) is 15.2. The Bertz CT molecular complexity index is 464. The molecule has 1 aliphatic heterocycles. The minimum absolute atomic E-state index is 0.0908. The number of halogens is 1. The number of benzene rings is 1. The molecule has 1 saturated heterocycles. The van der Waals surface area contributed by atoms with Crippen molar-refractivity contribution >= 4 is 5.78 Å². The number of rotatable bonds is 5. The smallest absolute Gasteiger partial charge is 0.167 e. The lowest BCUT2D eigenvalue weighted by Gasteiger charge is -2.38. The second-order valence-corrected chi connectivity index (χ2v) is 6.16. The topological polar surface area (TPSA) is 20.3 Å². The first-order valence-corrected chi connectivity index (χ1v) is 7.54. The van der Waals surface area contributed by atoms with Crippen LogP contribution in [0.25, 0.3) is 0 Å². The van der Waals surface area contributed by atoms with E-state index in [2.05, 4.69) is 18.7 Å². The molecule has 2 nitrogen and oxygen atoms in total. The summed E-state index contributed by atoms with van der Waals surface area (Å²) in [6, 6.07) is 6.25. The monoisotopic (exact) mass is 277 g/mol. The van der Waals surface area contributed by atoms with Crippen molar-refractivity contribution in [3.05, 3.63) is 35.6 Å². The zero-order valence-electron chi connectivity index (χ0n) is 12.5. The normalized spacial score (nSPS) is 18.9. The van der Waals surface area contributed by atoms with Gasteiger partial charge in [0, 0.05) is 13.0 Å². The lowest BCUT2D eigenvalue weighted by molar-refractivity contribution is 0.0899. The van der Waals surface area contributed by atoms with E-state index in [1.54, 1.807) is 18.2 Å². The van der Waals surface area contributed by atoms with Gasteiger partial charge in [0.1, 0.15) is 5.82 Å². The summed E-state index contributed by atoms with van der Waals surface area (Å²) >= 11 is 0. The van der Waals surface area contributed by atoms with Crippen molar-refractivity contribution in [3.8, 4) is 0 Å². The molecule has 1 fully saturated rings. The van der Waals surface area contributed by atoms with Crippen molar-refractivity contribution < 1.29 is 9.18 Å². The molecule has 0 radical (unpaired) electrons. The third kappa shape index (κ3) is 3.66. The average molecular weight is 277 g/mol. The Morgan fingerprint density at radius 2 is 1.95 bits per heavy atom. The summed E-state index contributed by atoms with van der Waals surface area (Å²) in [7, 11) is 0. The van der Waals surface area contributed by atoms with Crippen molar-refractivity contribution in [3.63, 3.8) is 0 Å². The van der Waals surface area contributed by atoms with Gasteiger partial charge in [0.25, 0.3) is 0 Å². The number of hydrogen-bond donors (Lipinski definition) is 0. The fourth-order valence-electron chi connectivity index (χ4n) is 2.75. The van der Waals surface area contributed by atoms with E-state index in [1.807, 2.05) is 0 Å². The van der Waals surface area contributed by atoms with Crippen LogP contribution < -0.4 is 0 Å². The average Bonchev–Trinajstić information content (AvgIpc) is 2.47. The number of nitrogens with zero attached hydrogens (tertiary/aromatic N) is 1. The summed E-state index contributed by atoms with van der Waals surface area (Å²) in [5, 5.41) is 0. The molecule has 0 amide bonds. The molecule has 0 aromatic heterocycles. The van der Waals surface area contributed by atoms with Crippen LogP contribution in [0.1, 0.15) is 49.9 Å². The van der Waals surface area contributed by atoms with Crippen molar-refractivity contribution in [2.24, 2.45) is 5.41 Å². The molecule has 0 spiro atoms. The Morgan fingerprint density at radius 3 is 2.55 bits per heavy atom. The van der Waals surface area contributed by atoms with Gasteiger partial charge in [0.2, 0.25) is 0 Å². The second kappa shape index (κ2) is 6.49. The van der Waals surface area contributed by atoms with Gasteiger partial charge in [-0.3, -0.25) is 4.79 Å². The highest BCUT2D eigenvalue weighted by molar-refractivity contribution is 5.96. The largest absolute Gasteiger partial charge is 0.303 e. The summed E-state index contributed by atoms with van der Waals surface area (Å²) in [6.07, 6.45) is 4.01. The van der Waals surface area contributed by atoms with E-state index >= 15 is 0 Å². The molecule has 0 N–H and O–H groups in total. The summed E-state index contributed by atoms with van der Waals surface area (Å²) in [6.45, 7) is 7.43. The predicted octanol–water partition coefficient (Wildman–Crippen LogP) is 3.91. The molecule has 0 atom stereocenters. The maximum Gasteiger partial charge on any atom is 0.167 e. The first-order chi connectivity index (χ1) is 9.54. The van der Waals surface area contributed by atoms with Gasteiger partial charge >= 0.3 is 0 Å². The molecule has 0 unspecified atom stereocenters. The van der Waals surface area contributed by atoms with Gasteiger partial charge in [-0.15, -0.1) is 0 Å². The minimum atomic E-state index is -0.408. The Labute approximate surface area is 121 Å². The van der Waals surface area contributed by atoms with Gasteiger partial charge in [-0.25, -0.2) is 4.39 Å². The molecule has 1 heterocycles. The fourth-order valence-corrected chi connectivity index (χ4v) is 2.75. The van der Waals surface area contributed by atoms with Gasteiger partial charge in [-0.1, -0.05) is 32.4 Å². The first-order valence-electron chi connectivity index (χ1n) is 7.54. The van der Waals surface area contributed by atoms with E-state index < -0.39 is 5.82 Å². The maximum atomic E-state index is 13.5. The van der Waals surface area contributed by atoms with Crippen LogP contribution in [0.2, 0.25) is 0 Å². The third-order valence-electron chi connectivity index (χ3n) is 4.75. The van der Waals surface area contributed by atoms with E-state index in [-0.39, 0.29) is 11.3 Å². The highest BCUT2D eigenvalue weighted by atomic mass is 19.1. The van der Waals surface area contributed by atoms with E-state index in [4.69, 9.17) is 0 Å². The number of carbonyl (C=O) groups excluding carboxylic acids is 1. The Kier molecular flexibility index (Phi) is 4.92. The van der Waals surface area contributed by atoms with Gasteiger partial charge in [0.15, 0.2) is 5.78 Å². The molecule has 1 aromatic rings. The van der Waals surface area contributed by atoms with E-state index in [9.17, 15) is 9.18 Å². The number of piperidine rings is 1. The molecular formula is C17H24FNO. The zero-order valence-corrected chi connectivity index (χ0v) is 12.5. The summed E-state index contributed by atoms with van der Waals surface area (Å²) < 4.78 is 13.5. The number of likely N-dealkylation sites (tertiary alicyclic amines) is 1. The molecule has 0 aliphatic carbocycles. The molecule has 3 heteroatoms. The third-order valence-corrected chi connectivity index (χ3v) is 4.75. The van der Waals surface area contributed by atoms with Crippen LogP contribution in [0.15, 0.2) is 24.3 Å². The van der Waals surface area contributed by atoms with Gasteiger partial charge in [0.05, 0.1) is 5.56 Å². The lowest BCUT2D eigenvalue weighted by atomic mass is 9.78.